The number of amides is 1. The van der Waals surface area contributed by atoms with Gasteiger partial charge in [-0.3, -0.25) is 14.4 Å². The minimum Gasteiger partial charge on any atom is -0.381 e. The number of nitrogens with one attached hydrogen (secondary N) is 1. The lowest BCUT2D eigenvalue weighted by Gasteiger charge is -2.31. The highest BCUT2D eigenvalue weighted by Crippen LogP contribution is 2.25. The monoisotopic (exact) mass is 335 g/mol. The molecule has 1 amide bonds. The SMILES string of the molecule is CN(C)C[C@@H]1CN(C2CCOCC2)C[C@H]1NC(=O)c1ccnn1C. The van der Waals surface area contributed by atoms with Gasteiger partial charge in [0.1, 0.15) is 5.69 Å². The zero-order valence-corrected chi connectivity index (χ0v) is 14.9. The van der Waals surface area contributed by atoms with Gasteiger partial charge in [-0.25, -0.2) is 0 Å². The smallest absolute Gasteiger partial charge is 0.269 e. The number of aromatic nitrogens is 2. The first-order valence-corrected chi connectivity index (χ1v) is 8.80. The van der Waals surface area contributed by atoms with E-state index in [0.717, 1.165) is 45.7 Å². The Morgan fingerprint density at radius 1 is 1.38 bits per heavy atom. The molecule has 24 heavy (non-hydrogen) atoms. The van der Waals surface area contributed by atoms with Gasteiger partial charge in [-0.1, -0.05) is 0 Å². The number of hydrogen-bond donors (Lipinski definition) is 1. The summed E-state index contributed by atoms with van der Waals surface area (Å²) in [7, 11) is 5.99. The van der Waals surface area contributed by atoms with Crippen molar-refractivity contribution in [3.63, 3.8) is 0 Å². The summed E-state index contributed by atoms with van der Waals surface area (Å²) in [5.41, 5.74) is 0.614. The van der Waals surface area contributed by atoms with Crippen LogP contribution in [-0.2, 0) is 11.8 Å². The second-order valence-corrected chi connectivity index (χ2v) is 7.24. The molecule has 1 aromatic rings. The zero-order chi connectivity index (χ0) is 17.1. The van der Waals surface area contributed by atoms with Crippen LogP contribution >= 0.6 is 0 Å². The van der Waals surface area contributed by atoms with E-state index < -0.39 is 0 Å². The summed E-state index contributed by atoms with van der Waals surface area (Å²) >= 11 is 0. The number of hydrogen-bond acceptors (Lipinski definition) is 5. The number of carbonyl (C=O) groups excluding carboxylic acids is 1. The van der Waals surface area contributed by atoms with Crippen LogP contribution in [0.1, 0.15) is 23.3 Å². The number of rotatable bonds is 5. The topological polar surface area (TPSA) is 62.6 Å². The Morgan fingerprint density at radius 3 is 2.75 bits per heavy atom. The molecular weight excluding hydrogens is 306 g/mol. The van der Waals surface area contributed by atoms with Gasteiger partial charge in [0.2, 0.25) is 0 Å². The Kier molecular flexibility index (Phi) is 5.53. The molecule has 1 N–H and O–H groups in total. The lowest BCUT2D eigenvalue weighted by Crippen LogP contribution is -2.44. The first kappa shape index (κ1) is 17.4. The molecule has 0 bridgehead atoms. The van der Waals surface area contributed by atoms with Crippen LogP contribution in [0.25, 0.3) is 0 Å². The predicted octanol–water partition coefficient (Wildman–Crippen LogP) is 0.191. The van der Waals surface area contributed by atoms with Crippen molar-refractivity contribution < 1.29 is 9.53 Å². The van der Waals surface area contributed by atoms with Crippen molar-refractivity contribution in [2.75, 3.05) is 46.9 Å². The molecule has 2 atom stereocenters. The maximum atomic E-state index is 12.6. The van der Waals surface area contributed by atoms with E-state index in [1.165, 1.54) is 0 Å². The fourth-order valence-corrected chi connectivity index (χ4v) is 3.91. The molecule has 3 rings (SSSR count). The number of ether oxygens (including phenoxy) is 1. The van der Waals surface area contributed by atoms with E-state index in [1.807, 2.05) is 0 Å². The fourth-order valence-electron chi connectivity index (χ4n) is 3.91. The zero-order valence-electron chi connectivity index (χ0n) is 14.9. The largest absolute Gasteiger partial charge is 0.381 e. The van der Waals surface area contributed by atoms with Crippen LogP contribution < -0.4 is 5.32 Å². The highest BCUT2D eigenvalue weighted by Gasteiger charge is 2.37. The number of carbonyl (C=O) groups is 1. The highest BCUT2D eigenvalue weighted by atomic mass is 16.5. The molecule has 7 heteroatoms. The van der Waals surface area contributed by atoms with Crippen molar-refractivity contribution in [1.29, 1.82) is 0 Å². The Hall–Kier alpha value is -1.44. The lowest BCUT2D eigenvalue weighted by atomic mass is 10.0. The molecular formula is C17H29N5O2. The van der Waals surface area contributed by atoms with Gasteiger partial charge < -0.3 is 15.0 Å². The van der Waals surface area contributed by atoms with Crippen LogP contribution in [0.5, 0.6) is 0 Å². The van der Waals surface area contributed by atoms with Crippen molar-refractivity contribution in [1.82, 2.24) is 24.9 Å². The van der Waals surface area contributed by atoms with Crippen molar-refractivity contribution in [2.45, 2.75) is 24.9 Å². The van der Waals surface area contributed by atoms with E-state index in [2.05, 4.69) is 34.3 Å². The van der Waals surface area contributed by atoms with Gasteiger partial charge in [0.05, 0.1) is 0 Å². The minimum atomic E-state index is -0.0300. The van der Waals surface area contributed by atoms with Crippen LogP contribution in [0.15, 0.2) is 12.3 Å². The predicted molar refractivity (Wildman–Crippen MR) is 91.9 cm³/mol. The standard InChI is InChI=1S/C17H29N5O2/c1-20(2)10-13-11-22(14-5-8-24-9-6-14)12-15(13)19-17(23)16-4-7-18-21(16)3/h4,7,13-15H,5-6,8-12H2,1-3H3,(H,19,23)/t13-,15-/m1/s1. The van der Waals surface area contributed by atoms with Crippen LogP contribution in [-0.4, -0.2) is 84.5 Å². The van der Waals surface area contributed by atoms with Crippen molar-refractivity contribution in [3.8, 4) is 0 Å². The van der Waals surface area contributed by atoms with Crippen LogP contribution in [0.4, 0.5) is 0 Å². The third-order valence-corrected chi connectivity index (χ3v) is 5.15. The first-order valence-electron chi connectivity index (χ1n) is 8.80. The molecule has 2 aliphatic heterocycles. The van der Waals surface area contributed by atoms with Crippen LogP contribution in [0.2, 0.25) is 0 Å². The molecule has 134 valence electrons. The normalized spacial score (nSPS) is 26.2. The summed E-state index contributed by atoms with van der Waals surface area (Å²) in [6.45, 7) is 4.65. The molecule has 0 spiro atoms. The van der Waals surface area contributed by atoms with Crippen molar-refractivity contribution >= 4 is 5.91 Å². The highest BCUT2D eigenvalue weighted by molar-refractivity contribution is 5.92. The summed E-state index contributed by atoms with van der Waals surface area (Å²) < 4.78 is 7.12. The van der Waals surface area contributed by atoms with E-state index >= 15 is 0 Å². The maximum Gasteiger partial charge on any atom is 0.269 e. The number of nitrogens with zero attached hydrogens (tertiary/aromatic N) is 4. The molecule has 0 unspecified atom stereocenters. The van der Waals surface area contributed by atoms with Gasteiger partial charge in [-0.2, -0.15) is 5.10 Å². The van der Waals surface area contributed by atoms with Gasteiger partial charge in [0.25, 0.3) is 5.91 Å². The Labute approximate surface area is 143 Å². The summed E-state index contributed by atoms with van der Waals surface area (Å²) in [6, 6.07) is 2.53. The second kappa shape index (κ2) is 7.63. The molecule has 0 aliphatic carbocycles. The number of likely N-dealkylation sites (tertiary alicyclic amines) is 1. The quantitative estimate of drug-likeness (QED) is 0.832. The summed E-state index contributed by atoms with van der Waals surface area (Å²) in [4.78, 5) is 17.3. The third kappa shape index (κ3) is 3.96. The average molecular weight is 335 g/mol. The van der Waals surface area contributed by atoms with Crippen LogP contribution in [0, 0.1) is 5.92 Å². The Morgan fingerprint density at radius 2 is 2.12 bits per heavy atom. The first-order chi connectivity index (χ1) is 11.5. The molecule has 7 nitrogen and oxygen atoms in total. The molecule has 3 heterocycles. The van der Waals surface area contributed by atoms with Gasteiger partial charge in [0.15, 0.2) is 0 Å². The fraction of sp³-hybridized carbons (Fsp3) is 0.765. The summed E-state index contributed by atoms with van der Waals surface area (Å²) in [5, 5.41) is 7.34. The van der Waals surface area contributed by atoms with E-state index in [-0.39, 0.29) is 11.9 Å². The van der Waals surface area contributed by atoms with Crippen LogP contribution in [0.3, 0.4) is 0 Å². The number of aryl methyl sites for hydroxylation is 1. The van der Waals surface area contributed by atoms with E-state index in [0.29, 0.717) is 17.7 Å². The van der Waals surface area contributed by atoms with Crippen molar-refractivity contribution in [3.05, 3.63) is 18.0 Å². The van der Waals surface area contributed by atoms with Crippen molar-refractivity contribution in [2.24, 2.45) is 13.0 Å². The molecule has 1 aromatic heterocycles. The Bertz CT molecular complexity index is 553. The summed E-state index contributed by atoms with van der Waals surface area (Å²) in [6.07, 6.45) is 3.85. The summed E-state index contributed by atoms with van der Waals surface area (Å²) in [5.74, 6) is 0.414. The molecule has 2 fully saturated rings. The van der Waals surface area contributed by atoms with Gasteiger partial charge >= 0.3 is 0 Å². The van der Waals surface area contributed by atoms with E-state index in [9.17, 15) is 4.79 Å². The maximum absolute atomic E-state index is 12.6. The van der Waals surface area contributed by atoms with E-state index in [1.54, 1.807) is 24.0 Å². The van der Waals surface area contributed by atoms with Gasteiger partial charge in [-0.15, -0.1) is 0 Å². The second-order valence-electron chi connectivity index (χ2n) is 7.24. The average Bonchev–Trinajstić information content (AvgIpc) is 3.14. The molecule has 0 aromatic carbocycles. The Balaban J connectivity index is 1.66. The minimum absolute atomic E-state index is 0.0300. The lowest BCUT2D eigenvalue weighted by molar-refractivity contribution is 0.0403. The molecule has 0 radical (unpaired) electrons. The van der Waals surface area contributed by atoms with Gasteiger partial charge in [0, 0.05) is 64.1 Å². The third-order valence-electron chi connectivity index (χ3n) is 5.15. The molecule has 2 saturated heterocycles. The molecule has 0 saturated carbocycles. The van der Waals surface area contributed by atoms with E-state index in [4.69, 9.17) is 4.74 Å². The van der Waals surface area contributed by atoms with Gasteiger partial charge in [-0.05, 0) is 33.0 Å². The molecule has 2 aliphatic rings.